The molecule has 25 heavy (non-hydrogen) atoms. The Morgan fingerprint density at radius 1 is 1.24 bits per heavy atom. The summed E-state index contributed by atoms with van der Waals surface area (Å²) in [4.78, 5) is 28.4. The van der Waals surface area contributed by atoms with Crippen LogP contribution in [0.1, 0.15) is 37.3 Å². The van der Waals surface area contributed by atoms with Gasteiger partial charge in [0.2, 0.25) is 0 Å². The second-order valence-electron chi connectivity index (χ2n) is 6.21. The van der Waals surface area contributed by atoms with Crippen LogP contribution in [0.3, 0.4) is 0 Å². The first-order valence-electron chi connectivity index (χ1n) is 8.48. The molecule has 0 atom stereocenters. The van der Waals surface area contributed by atoms with E-state index in [1.54, 1.807) is 36.7 Å². The zero-order chi connectivity index (χ0) is 17.6. The van der Waals surface area contributed by atoms with E-state index in [1.165, 1.54) is 17.4 Å². The molecule has 0 bridgehead atoms. The van der Waals surface area contributed by atoms with Gasteiger partial charge in [-0.2, -0.15) is 0 Å². The molecule has 0 radical (unpaired) electrons. The van der Waals surface area contributed by atoms with Crippen LogP contribution in [0.2, 0.25) is 5.02 Å². The van der Waals surface area contributed by atoms with Crippen molar-refractivity contribution >= 4 is 23.3 Å². The number of anilines is 1. The molecule has 7 heteroatoms. The molecule has 1 aliphatic carbocycles. The lowest BCUT2D eigenvalue weighted by atomic mass is 10.0. The van der Waals surface area contributed by atoms with Gasteiger partial charge in [-0.1, -0.05) is 24.4 Å². The molecular formula is C18H21ClN4O2. The fourth-order valence-electron chi connectivity index (χ4n) is 3.05. The monoisotopic (exact) mass is 360 g/mol. The molecule has 0 unspecified atom stereocenters. The lowest BCUT2D eigenvalue weighted by Gasteiger charge is -2.11. The third-order valence-electron chi connectivity index (χ3n) is 4.41. The Labute approximate surface area is 151 Å². The third kappa shape index (κ3) is 4.82. The van der Waals surface area contributed by atoms with Crippen LogP contribution >= 0.6 is 11.6 Å². The lowest BCUT2D eigenvalue weighted by molar-refractivity contribution is 0.251. The number of halogens is 1. The van der Waals surface area contributed by atoms with Crippen LogP contribution < -0.4 is 16.2 Å². The Bertz CT molecular complexity index is 782. The van der Waals surface area contributed by atoms with Crippen LogP contribution in [0.5, 0.6) is 0 Å². The summed E-state index contributed by atoms with van der Waals surface area (Å²) in [5.74, 6) is 0.422. The average molecular weight is 361 g/mol. The van der Waals surface area contributed by atoms with Gasteiger partial charge in [0.25, 0.3) is 5.56 Å². The van der Waals surface area contributed by atoms with Crippen LogP contribution in [-0.4, -0.2) is 22.1 Å². The lowest BCUT2D eigenvalue weighted by Crippen LogP contribution is -2.33. The SMILES string of the molecule is O=C(NCCn1cnc(C2CCCC2)cc1=O)Nc1ccc(Cl)cc1. The number of hydrogen-bond donors (Lipinski definition) is 2. The number of amides is 2. The summed E-state index contributed by atoms with van der Waals surface area (Å²) in [7, 11) is 0. The third-order valence-corrected chi connectivity index (χ3v) is 4.67. The van der Waals surface area contributed by atoms with Gasteiger partial charge >= 0.3 is 6.03 Å². The zero-order valence-electron chi connectivity index (χ0n) is 13.9. The molecule has 2 amide bonds. The Balaban J connectivity index is 1.49. The number of rotatable bonds is 5. The quantitative estimate of drug-likeness (QED) is 0.858. The molecule has 3 rings (SSSR count). The summed E-state index contributed by atoms with van der Waals surface area (Å²) in [5.41, 5.74) is 1.48. The molecule has 1 aromatic carbocycles. The van der Waals surface area contributed by atoms with Crippen molar-refractivity contribution in [3.8, 4) is 0 Å². The number of nitrogens with zero attached hydrogens (tertiary/aromatic N) is 2. The highest BCUT2D eigenvalue weighted by molar-refractivity contribution is 6.30. The van der Waals surface area contributed by atoms with E-state index in [0.29, 0.717) is 29.7 Å². The van der Waals surface area contributed by atoms with Gasteiger partial charge in [-0.05, 0) is 37.1 Å². The highest BCUT2D eigenvalue weighted by atomic mass is 35.5. The summed E-state index contributed by atoms with van der Waals surface area (Å²) in [5, 5.41) is 6.04. The van der Waals surface area contributed by atoms with Crippen molar-refractivity contribution in [3.05, 3.63) is 57.7 Å². The molecule has 1 saturated carbocycles. The molecule has 1 heterocycles. The average Bonchev–Trinajstić information content (AvgIpc) is 3.13. The molecule has 1 aliphatic rings. The van der Waals surface area contributed by atoms with Gasteiger partial charge in [-0.3, -0.25) is 9.36 Å². The molecular weight excluding hydrogens is 340 g/mol. The molecule has 1 fully saturated rings. The smallest absolute Gasteiger partial charge is 0.319 e. The first kappa shape index (κ1) is 17.5. The van der Waals surface area contributed by atoms with Crippen molar-refractivity contribution in [1.82, 2.24) is 14.9 Å². The second kappa shape index (κ2) is 8.16. The first-order valence-corrected chi connectivity index (χ1v) is 8.86. The van der Waals surface area contributed by atoms with E-state index in [1.807, 2.05) is 0 Å². The Morgan fingerprint density at radius 2 is 1.96 bits per heavy atom. The summed E-state index contributed by atoms with van der Waals surface area (Å²) >= 11 is 5.80. The standard InChI is InChI=1S/C18H21ClN4O2/c19-14-5-7-15(8-6-14)22-18(25)20-9-10-23-12-21-16(11-17(23)24)13-3-1-2-4-13/h5-8,11-13H,1-4,9-10H2,(H2,20,22,25). The van der Waals surface area contributed by atoms with Crippen molar-refractivity contribution < 1.29 is 4.79 Å². The van der Waals surface area contributed by atoms with E-state index in [9.17, 15) is 9.59 Å². The number of urea groups is 1. The van der Waals surface area contributed by atoms with Gasteiger partial charge < -0.3 is 10.6 Å². The van der Waals surface area contributed by atoms with Gasteiger partial charge in [-0.15, -0.1) is 0 Å². The summed E-state index contributed by atoms with van der Waals surface area (Å²) in [6.07, 6.45) is 6.23. The normalized spacial score (nSPS) is 14.4. The van der Waals surface area contributed by atoms with Gasteiger partial charge in [0.1, 0.15) is 0 Å². The fraction of sp³-hybridized carbons (Fsp3) is 0.389. The Morgan fingerprint density at radius 3 is 2.64 bits per heavy atom. The number of aromatic nitrogens is 2. The van der Waals surface area contributed by atoms with Crippen molar-refractivity contribution in [3.63, 3.8) is 0 Å². The molecule has 0 spiro atoms. The van der Waals surface area contributed by atoms with Gasteiger partial charge in [-0.25, -0.2) is 9.78 Å². The Kier molecular flexibility index (Phi) is 5.71. The maximum atomic E-state index is 12.2. The molecule has 1 aromatic heterocycles. The number of benzene rings is 1. The highest BCUT2D eigenvalue weighted by Crippen LogP contribution is 2.32. The second-order valence-corrected chi connectivity index (χ2v) is 6.65. The molecule has 0 saturated heterocycles. The first-order chi connectivity index (χ1) is 12.1. The number of carbonyl (C=O) groups is 1. The maximum absolute atomic E-state index is 12.2. The van der Waals surface area contributed by atoms with Crippen LogP contribution in [0.25, 0.3) is 0 Å². The minimum Gasteiger partial charge on any atom is -0.336 e. The minimum absolute atomic E-state index is 0.0724. The molecule has 2 N–H and O–H groups in total. The largest absolute Gasteiger partial charge is 0.336 e. The highest BCUT2D eigenvalue weighted by Gasteiger charge is 2.18. The fourth-order valence-corrected chi connectivity index (χ4v) is 3.18. The van der Waals surface area contributed by atoms with E-state index in [0.717, 1.165) is 18.5 Å². The predicted octanol–water partition coefficient (Wildman–Crippen LogP) is 3.38. The van der Waals surface area contributed by atoms with Crippen LogP contribution in [0.15, 0.2) is 41.5 Å². The number of hydrogen-bond acceptors (Lipinski definition) is 3. The van der Waals surface area contributed by atoms with E-state index >= 15 is 0 Å². The van der Waals surface area contributed by atoms with Crippen LogP contribution in [0.4, 0.5) is 10.5 Å². The predicted molar refractivity (Wildman–Crippen MR) is 98.2 cm³/mol. The van der Waals surface area contributed by atoms with Crippen LogP contribution in [0, 0.1) is 0 Å². The van der Waals surface area contributed by atoms with Crippen LogP contribution in [-0.2, 0) is 6.54 Å². The van der Waals surface area contributed by atoms with Gasteiger partial charge in [0.15, 0.2) is 0 Å². The van der Waals surface area contributed by atoms with Crippen molar-refractivity contribution in [1.29, 1.82) is 0 Å². The van der Waals surface area contributed by atoms with Crippen molar-refractivity contribution in [2.24, 2.45) is 0 Å². The van der Waals surface area contributed by atoms with E-state index in [2.05, 4.69) is 15.6 Å². The number of carbonyl (C=O) groups excluding carboxylic acids is 1. The van der Waals surface area contributed by atoms with Gasteiger partial charge in [0.05, 0.1) is 12.0 Å². The van der Waals surface area contributed by atoms with E-state index in [-0.39, 0.29) is 11.6 Å². The van der Waals surface area contributed by atoms with Crippen molar-refractivity contribution in [2.75, 3.05) is 11.9 Å². The molecule has 0 aliphatic heterocycles. The van der Waals surface area contributed by atoms with Crippen molar-refractivity contribution in [2.45, 2.75) is 38.1 Å². The molecule has 2 aromatic rings. The Hall–Kier alpha value is -2.34. The number of nitrogens with one attached hydrogen (secondary N) is 2. The topological polar surface area (TPSA) is 76.0 Å². The molecule has 132 valence electrons. The van der Waals surface area contributed by atoms with E-state index < -0.39 is 0 Å². The van der Waals surface area contributed by atoms with E-state index in [4.69, 9.17) is 11.6 Å². The molecule has 6 nitrogen and oxygen atoms in total. The summed E-state index contributed by atoms with van der Waals surface area (Å²) < 4.78 is 1.51. The summed E-state index contributed by atoms with van der Waals surface area (Å²) in [6, 6.07) is 8.15. The maximum Gasteiger partial charge on any atom is 0.319 e. The summed E-state index contributed by atoms with van der Waals surface area (Å²) in [6.45, 7) is 0.717. The van der Waals surface area contributed by atoms with Gasteiger partial charge in [0, 0.05) is 35.8 Å². The zero-order valence-corrected chi connectivity index (χ0v) is 14.6. The minimum atomic E-state index is -0.328.